The molecule has 0 bridgehead atoms. The first-order valence-electron chi connectivity index (χ1n) is 17.7. The van der Waals surface area contributed by atoms with Gasteiger partial charge in [-0.2, -0.15) is 0 Å². The lowest BCUT2D eigenvalue weighted by Gasteiger charge is -2.10. The first-order valence-corrected chi connectivity index (χ1v) is 17.7. The summed E-state index contributed by atoms with van der Waals surface area (Å²) in [6, 6.07) is 14.8. The third-order valence-electron chi connectivity index (χ3n) is 7.68. The molecule has 0 aliphatic heterocycles. The average molecular weight is 625 g/mol. The summed E-state index contributed by atoms with van der Waals surface area (Å²) in [5.41, 5.74) is 1.53. The predicted octanol–water partition coefficient (Wildman–Crippen LogP) is 10.1. The van der Waals surface area contributed by atoms with Crippen molar-refractivity contribution in [3.05, 3.63) is 48.5 Å². The summed E-state index contributed by atoms with van der Waals surface area (Å²) in [7, 11) is 0. The maximum Gasteiger partial charge on any atom is 0.319 e. The third-order valence-corrected chi connectivity index (χ3v) is 7.68. The van der Waals surface area contributed by atoms with Crippen molar-refractivity contribution in [1.29, 1.82) is 0 Å². The minimum absolute atomic E-state index is 0.159. The van der Waals surface area contributed by atoms with Crippen LogP contribution in [0.3, 0.4) is 0 Å². The van der Waals surface area contributed by atoms with E-state index in [-0.39, 0.29) is 12.1 Å². The summed E-state index contributed by atoms with van der Waals surface area (Å²) in [4.78, 5) is 24.1. The molecule has 2 aromatic rings. The van der Waals surface area contributed by atoms with E-state index in [9.17, 15) is 9.59 Å². The smallest absolute Gasteiger partial charge is 0.319 e. The molecule has 0 saturated carbocycles. The number of urea groups is 2. The van der Waals surface area contributed by atoms with E-state index in [0.29, 0.717) is 26.3 Å². The van der Waals surface area contributed by atoms with Gasteiger partial charge >= 0.3 is 12.1 Å². The highest BCUT2D eigenvalue weighted by Gasteiger charge is 2.04. The second-order valence-corrected chi connectivity index (χ2v) is 11.8. The Morgan fingerprint density at radius 1 is 0.467 bits per heavy atom. The number of hydrogen-bond donors (Lipinski definition) is 4. The topological polar surface area (TPSA) is 101 Å². The Labute approximate surface area is 272 Å². The number of hydrogen-bond acceptors (Lipinski definition) is 4. The van der Waals surface area contributed by atoms with E-state index >= 15 is 0 Å². The number of carbonyl (C=O) groups is 2. The van der Waals surface area contributed by atoms with Gasteiger partial charge in [-0.25, -0.2) is 9.59 Å². The summed E-state index contributed by atoms with van der Waals surface area (Å²) < 4.78 is 11.7. The Balaban J connectivity index is 1.43. The lowest BCUT2D eigenvalue weighted by atomic mass is 10.1. The molecular weight excluding hydrogens is 564 g/mol. The molecule has 2 rings (SSSR count). The number of benzene rings is 2. The highest BCUT2D eigenvalue weighted by Crippen LogP contribution is 2.18. The normalized spacial score (nSPS) is 10.7. The fraction of sp³-hybridized carbons (Fsp3) is 0.622. The Bertz CT molecular complexity index is 933. The lowest BCUT2D eigenvalue weighted by molar-refractivity contribution is 0.251. The van der Waals surface area contributed by atoms with Crippen LogP contribution in [0.5, 0.6) is 11.5 Å². The Hall–Kier alpha value is -3.42. The molecule has 0 spiro atoms. The highest BCUT2D eigenvalue weighted by molar-refractivity contribution is 5.89. The van der Waals surface area contributed by atoms with Crippen LogP contribution in [0.4, 0.5) is 21.0 Å². The van der Waals surface area contributed by atoms with Crippen LogP contribution in [0.2, 0.25) is 0 Å². The molecule has 2 aromatic carbocycles. The Kier molecular flexibility index (Phi) is 21.7. The summed E-state index contributed by atoms with van der Waals surface area (Å²) in [5.74, 6) is 1.63. The number of amides is 4. The van der Waals surface area contributed by atoms with Gasteiger partial charge in [-0.1, -0.05) is 97.3 Å². The second kappa shape index (κ2) is 25.9. The van der Waals surface area contributed by atoms with Crippen molar-refractivity contribution < 1.29 is 19.1 Å². The van der Waals surface area contributed by atoms with Crippen LogP contribution in [0.15, 0.2) is 48.5 Å². The number of anilines is 2. The SMILES string of the molecule is CCCCCCCCNC(=O)Nc1ccc(OCCCCCCCOc2ccc(NC(=O)NCCCCCCCC)cc2)cc1. The van der Waals surface area contributed by atoms with Gasteiger partial charge in [0.1, 0.15) is 11.5 Å². The van der Waals surface area contributed by atoms with Gasteiger partial charge in [0.25, 0.3) is 0 Å². The predicted molar refractivity (Wildman–Crippen MR) is 188 cm³/mol. The zero-order chi connectivity index (χ0) is 32.2. The van der Waals surface area contributed by atoms with Gasteiger partial charge in [0.15, 0.2) is 0 Å². The van der Waals surface area contributed by atoms with E-state index in [1.54, 1.807) is 0 Å². The van der Waals surface area contributed by atoms with E-state index < -0.39 is 0 Å². The number of ether oxygens (including phenoxy) is 2. The number of nitrogens with one attached hydrogen (secondary N) is 4. The minimum Gasteiger partial charge on any atom is -0.494 e. The van der Waals surface area contributed by atoms with Crippen molar-refractivity contribution >= 4 is 23.4 Å². The van der Waals surface area contributed by atoms with Crippen molar-refractivity contribution in [2.75, 3.05) is 36.9 Å². The zero-order valence-corrected chi connectivity index (χ0v) is 28.1. The highest BCUT2D eigenvalue weighted by atomic mass is 16.5. The largest absolute Gasteiger partial charge is 0.494 e. The molecule has 0 radical (unpaired) electrons. The van der Waals surface area contributed by atoms with Gasteiger partial charge in [0.2, 0.25) is 0 Å². The zero-order valence-electron chi connectivity index (χ0n) is 28.1. The standard InChI is InChI=1S/C37H60N4O4/c1-3-5-7-9-12-16-28-38-36(42)40-32-20-24-34(25-21-32)44-30-18-14-11-15-19-31-45-35-26-22-33(23-27-35)41-37(43)39-29-17-13-10-8-6-4-2/h20-27H,3-19,28-31H2,1-2H3,(H2,38,40,42)(H2,39,41,43). The first kappa shape index (κ1) is 37.8. The second-order valence-electron chi connectivity index (χ2n) is 11.8. The molecular formula is C37H60N4O4. The van der Waals surface area contributed by atoms with Crippen LogP contribution >= 0.6 is 0 Å². The molecule has 0 fully saturated rings. The number of rotatable bonds is 26. The molecule has 0 aromatic heterocycles. The fourth-order valence-electron chi connectivity index (χ4n) is 4.95. The molecule has 0 aliphatic carbocycles. The molecule has 0 aliphatic rings. The van der Waals surface area contributed by atoms with Crippen LogP contribution < -0.4 is 30.7 Å². The van der Waals surface area contributed by atoms with Crippen molar-refractivity contribution in [2.24, 2.45) is 0 Å². The molecule has 252 valence electrons. The molecule has 45 heavy (non-hydrogen) atoms. The number of unbranched alkanes of at least 4 members (excludes halogenated alkanes) is 14. The van der Waals surface area contributed by atoms with Crippen molar-refractivity contribution in [3.63, 3.8) is 0 Å². The molecule has 4 N–H and O–H groups in total. The van der Waals surface area contributed by atoms with Gasteiger partial charge in [-0.05, 0) is 74.2 Å². The molecule has 0 saturated heterocycles. The summed E-state index contributed by atoms with van der Waals surface area (Å²) in [6.45, 7) is 7.21. The molecule has 4 amide bonds. The third kappa shape index (κ3) is 20.3. The van der Waals surface area contributed by atoms with Gasteiger partial charge in [-0.3, -0.25) is 0 Å². The van der Waals surface area contributed by atoms with E-state index in [4.69, 9.17) is 9.47 Å². The van der Waals surface area contributed by atoms with Crippen LogP contribution in [0.25, 0.3) is 0 Å². The summed E-state index contributed by atoms with van der Waals surface area (Å²) in [6.07, 6.45) is 19.9. The van der Waals surface area contributed by atoms with E-state index in [0.717, 1.165) is 80.7 Å². The monoisotopic (exact) mass is 624 g/mol. The maximum absolute atomic E-state index is 12.1. The van der Waals surface area contributed by atoms with Crippen molar-refractivity contribution in [1.82, 2.24) is 10.6 Å². The minimum atomic E-state index is -0.159. The first-order chi connectivity index (χ1) is 22.1. The van der Waals surface area contributed by atoms with Crippen LogP contribution in [0, 0.1) is 0 Å². The van der Waals surface area contributed by atoms with Gasteiger partial charge < -0.3 is 30.7 Å². The Morgan fingerprint density at radius 3 is 1.18 bits per heavy atom. The van der Waals surface area contributed by atoms with Crippen LogP contribution in [0.1, 0.15) is 123 Å². The van der Waals surface area contributed by atoms with E-state index in [1.807, 2.05) is 48.5 Å². The van der Waals surface area contributed by atoms with Gasteiger partial charge in [-0.15, -0.1) is 0 Å². The van der Waals surface area contributed by atoms with Crippen LogP contribution in [-0.2, 0) is 0 Å². The maximum atomic E-state index is 12.1. The molecule has 0 atom stereocenters. The summed E-state index contributed by atoms with van der Waals surface area (Å²) >= 11 is 0. The van der Waals surface area contributed by atoms with Gasteiger partial charge in [0.05, 0.1) is 13.2 Å². The fourth-order valence-corrected chi connectivity index (χ4v) is 4.95. The average Bonchev–Trinajstić information content (AvgIpc) is 3.04. The molecule has 0 unspecified atom stereocenters. The lowest BCUT2D eigenvalue weighted by Crippen LogP contribution is -2.29. The van der Waals surface area contributed by atoms with Crippen LogP contribution in [-0.4, -0.2) is 38.4 Å². The van der Waals surface area contributed by atoms with Gasteiger partial charge in [0, 0.05) is 24.5 Å². The van der Waals surface area contributed by atoms with Crippen molar-refractivity contribution in [3.8, 4) is 11.5 Å². The van der Waals surface area contributed by atoms with Crippen molar-refractivity contribution in [2.45, 2.75) is 123 Å². The summed E-state index contributed by atoms with van der Waals surface area (Å²) in [5, 5.41) is 11.6. The Morgan fingerprint density at radius 2 is 0.800 bits per heavy atom. The quantitative estimate of drug-likeness (QED) is 0.0783. The molecule has 8 nitrogen and oxygen atoms in total. The van der Waals surface area contributed by atoms with E-state index in [2.05, 4.69) is 35.1 Å². The molecule has 0 heterocycles. The molecule has 8 heteroatoms. The number of carbonyl (C=O) groups excluding carboxylic acids is 2. The van der Waals surface area contributed by atoms with E-state index in [1.165, 1.54) is 51.4 Å².